The minimum Gasteiger partial charge on any atom is -0.356 e. The molecule has 1 aliphatic heterocycles. The number of guanidine groups is 1. The lowest BCUT2D eigenvalue weighted by Crippen LogP contribution is -2.45. The van der Waals surface area contributed by atoms with Gasteiger partial charge in [0, 0.05) is 57.5 Å². The third kappa shape index (κ3) is 7.35. The van der Waals surface area contributed by atoms with E-state index in [1.165, 1.54) is 6.07 Å². The monoisotopic (exact) mass is 506 g/mol. The molecule has 0 aliphatic carbocycles. The standard InChI is InChI=1S/C20H35FN6.HI/c1-15(2)27(16(3)4)12-7-11-24-20(22-5)25-17-9-13-26(14-17)19-18(21)8-6-10-23-19;/h6,8,10,15-17H,7,9,11-14H2,1-5H3,(H2,22,24,25);1H. The highest BCUT2D eigenvalue weighted by Crippen LogP contribution is 2.20. The number of hydrogen-bond acceptors (Lipinski definition) is 4. The quantitative estimate of drug-likeness (QED) is 0.246. The van der Waals surface area contributed by atoms with Gasteiger partial charge in [0.1, 0.15) is 0 Å². The topological polar surface area (TPSA) is 55.8 Å². The van der Waals surface area contributed by atoms with Crippen LogP contribution in [0.3, 0.4) is 0 Å². The molecule has 0 amide bonds. The minimum absolute atomic E-state index is 0. The summed E-state index contributed by atoms with van der Waals surface area (Å²) in [5.74, 6) is 0.983. The molecule has 1 aromatic heterocycles. The zero-order chi connectivity index (χ0) is 19.8. The number of nitrogens with one attached hydrogen (secondary N) is 2. The van der Waals surface area contributed by atoms with Crippen LogP contribution in [0, 0.1) is 5.82 Å². The highest BCUT2D eigenvalue weighted by atomic mass is 127. The van der Waals surface area contributed by atoms with Gasteiger partial charge in [-0.05, 0) is 52.7 Å². The lowest BCUT2D eigenvalue weighted by atomic mass is 10.2. The second kappa shape index (κ2) is 12.4. The molecule has 28 heavy (non-hydrogen) atoms. The van der Waals surface area contributed by atoms with E-state index in [-0.39, 0.29) is 35.8 Å². The smallest absolute Gasteiger partial charge is 0.191 e. The SMILES string of the molecule is CN=C(NCCCN(C(C)C)C(C)C)NC1CCN(c2ncccc2F)C1.I. The summed E-state index contributed by atoms with van der Waals surface area (Å²) in [7, 11) is 1.79. The molecule has 1 saturated heterocycles. The Balaban J connectivity index is 0.00000392. The summed E-state index contributed by atoms with van der Waals surface area (Å²) in [5.41, 5.74) is 0. The number of nitrogens with zero attached hydrogens (tertiary/aromatic N) is 4. The van der Waals surface area contributed by atoms with Crippen LogP contribution >= 0.6 is 24.0 Å². The molecule has 2 rings (SSSR count). The van der Waals surface area contributed by atoms with Gasteiger partial charge < -0.3 is 15.5 Å². The Hall–Kier alpha value is -1.16. The van der Waals surface area contributed by atoms with Gasteiger partial charge in [-0.2, -0.15) is 0 Å². The predicted octanol–water partition coefficient (Wildman–Crippen LogP) is 3.09. The molecule has 2 N–H and O–H groups in total. The molecule has 160 valence electrons. The van der Waals surface area contributed by atoms with Crippen LogP contribution < -0.4 is 15.5 Å². The van der Waals surface area contributed by atoms with E-state index in [4.69, 9.17) is 0 Å². The van der Waals surface area contributed by atoms with Crippen molar-refractivity contribution in [2.24, 2.45) is 4.99 Å². The van der Waals surface area contributed by atoms with E-state index in [1.54, 1.807) is 19.3 Å². The number of anilines is 1. The number of aliphatic imine (C=N–C) groups is 1. The van der Waals surface area contributed by atoms with Gasteiger partial charge in [0.15, 0.2) is 17.6 Å². The highest BCUT2D eigenvalue weighted by Gasteiger charge is 2.25. The number of halogens is 2. The molecule has 0 radical (unpaired) electrons. The van der Waals surface area contributed by atoms with Crippen LogP contribution in [-0.2, 0) is 0 Å². The first-order valence-electron chi connectivity index (χ1n) is 10.0. The first-order valence-corrected chi connectivity index (χ1v) is 10.0. The molecule has 2 heterocycles. The van der Waals surface area contributed by atoms with Crippen molar-refractivity contribution in [3.8, 4) is 0 Å². The van der Waals surface area contributed by atoms with Crippen LogP contribution in [0.2, 0.25) is 0 Å². The Morgan fingerprint density at radius 1 is 1.36 bits per heavy atom. The summed E-state index contributed by atoms with van der Waals surface area (Å²) >= 11 is 0. The third-order valence-corrected chi connectivity index (χ3v) is 5.00. The second-order valence-corrected chi connectivity index (χ2v) is 7.66. The van der Waals surface area contributed by atoms with Crippen LogP contribution in [0.1, 0.15) is 40.5 Å². The van der Waals surface area contributed by atoms with E-state index >= 15 is 0 Å². The Bertz CT molecular complexity index is 602. The molecule has 1 aromatic rings. The van der Waals surface area contributed by atoms with Gasteiger partial charge in [-0.25, -0.2) is 9.37 Å². The molecule has 1 atom stereocenters. The van der Waals surface area contributed by atoms with E-state index in [2.05, 4.69) is 53.2 Å². The summed E-state index contributed by atoms with van der Waals surface area (Å²) in [5, 5.41) is 6.85. The van der Waals surface area contributed by atoms with Gasteiger partial charge in [-0.15, -0.1) is 24.0 Å². The zero-order valence-electron chi connectivity index (χ0n) is 17.8. The minimum atomic E-state index is -0.263. The normalized spacial score (nSPS) is 17.4. The van der Waals surface area contributed by atoms with Crippen LogP contribution in [-0.4, -0.2) is 67.2 Å². The van der Waals surface area contributed by atoms with Crippen molar-refractivity contribution >= 4 is 35.8 Å². The van der Waals surface area contributed by atoms with Gasteiger partial charge in [0.2, 0.25) is 0 Å². The van der Waals surface area contributed by atoms with Crippen molar-refractivity contribution in [3.63, 3.8) is 0 Å². The van der Waals surface area contributed by atoms with E-state index in [0.717, 1.165) is 45.0 Å². The van der Waals surface area contributed by atoms with E-state index in [0.29, 0.717) is 17.9 Å². The number of aromatic nitrogens is 1. The predicted molar refractivity (Wildman–Crippen MR) is 126 cm³/mol. The first kappa shape index (κ1) is 24.9. The van der Waals surface area contributed by atoms with E-state index in [9.17, 15) is 4.39 Å². The summed E-state index contributed by atoms with van der Waals surface area (Å²) in [4.78, 5) is 13.0. The zero-order valence-corrected chi connectivity index (χ0v) is 20.1. The van der Waals surface area contributed by atoms with Crippen molar-refractivity contribution in [1.82, 2.24) is 20.5 Å². The molecule has 6 nitrogen and oxygen atoms in total. The van der Waals surface area contributed by atoms with Gasteiger partial charge in [-0.1, -0.05) is 0 Å². The maximum Gasteiger partial charge on any atom is 0.191 e. The molecule has 0 spiro atoms. The van der Waals surface area contributed by atoms with E-state index in [1.807, 2.05) is 4.90 Å². The van der Waals surface area contributed by atoms with Crippen LogP contribution in [0.15, 0.2) is 23.3 Å². The molecule has 1 aliphatic rings. The lowest BCUT2D eigenvalue weighted by molar-refractivity contribution is 0.173. The van der Waals surface area contributed by atoms with Crippen molar-refractivity contribution in [1.29, 1.82) is 0 Å². The highest BCUT2D eigenvalue weighted by molar-refractivity contribution is 14.0. The summed E-state index contributed by atoms with van der Waals surface area (Å²) in [6.45, 7) is 12.4. The first-order chi connectivity index (χ1) is 12.9. The van der Waals surface area contributed by atoms with Crippen molar-refractivity contribution in [2.75, 3.05) is 38.1 Å². The fourth-order valence-electron chi connectivity index (χ4n) is 3.65. The van der Waals surface area contributed by atoms with Crippen molar-refractivity contribution < 1.29 is 4.39 Å². The van der Waals surface area contributed by atoms with Crippen molar-refractivity contribution in [2.45, 2.75) is 58.7 Å². The molecule has 0 bridgehead atoms. The summed E-state index contributed by atoms with van der Waals surface area (Å²) in [6, 6.07) is 4.43. The lowest BCUT2D eigenvalue weighted by Gasteiger charge is -2.30. The summed E-state index contributed by atoms with van der Waals surface area (Å²) < 4.78 is 13.9. The maximum atomic E-state index is 13.9. The molecular formula is C20H36FIN6. The number of rotatable bonds is 8. The summed E-state index contributed by atoms with van der Waals surface area (Å²) in [6.07, 6.45) is 3.63. The number of pyridine rings is 1. The van der Waals surface area contributed by atoms with Crippen LogP contribution in [0.4, 0.5) is 10.2 Å². The van der Waals surface area contributed by atoms with Crippen LogP contribution in [0.25, 0.3) is 0 Å². The van der Waals surface area contributed by atoms with Crippen molar-refractivity contribution in [3.05, 3.63) is 24.1 Å². The number of hydrogen-bond donors (Lipinski definition) is 2. The third-order valence-electron chi connectivity index (χ3n) is 5.00. The molecular weight excluding hydrogens is 470 g/mol. The fourth-order valence-corrected chi connectivity index (χ4v) is 3.65. The van der Waals surface area contributed by atoms with Gasteiger partial charge >= 0.3 is 0 Å². The molecule has 0 aromatic carbocycles. The average molecular weight is 506 g/mol. The van der Waals surface area contributed by atoms with Gasteiger partial charge in [-0.3, -0.25) is 9.89 Å². The van der Waals surface area contributed by atoms with Crippen LogP contribution in [0.5, 0.6) is 0 Å². The molecule has 8 heteroatoms. The Kier molecular flexibility index (Phi) is 11.0. The Labute approximate surface area is 186 Å². The fraction of sp³-hybridized carbons (Fsp3) is 0.700. The maximum absolute atomic E-state index is 13.9. The molecule has 0 saturated carbocycles. The van der Waals surface area contributed by atoms with E-state index < -0.39 is 0 Å². The Morgan fingerprint density at radius 3 is 2.68 bits per heavy atom. The van der Waals surface area contributed by atoms with Gasteiger partial charge in [0.25, 0.3) is 0 Å². The Morgan fingerprint density at radius 2 is 2.07 bits per heavy atom. The molecule has 1 fully saturated rings. The molecule has 1 unspecified atom stereocenters. The average Bonchev–Trinajstić information content (AvgIpc) is 3.08. The second-order valence-electron chi connectivity index (χ2n) is 7.66. The largest absolute Gasteiger partial charge is 0.356 e. The van der Waals surface area contributed by atoms with Gasteiger partial charge in [0.05, 0.1) is 0 Å².